The van der Waals surface area contributed by atoms with E-state index >= 15 is 0 Å². The molecule has 96 valence electrons. The van der Waals surface area contributed by atoms with Gasteiger partial charge >= 0.3 is 0 Å². The van der Waals surface area contributed by atoms with Crippen molar-refractivity contribution in [1.29, 1.82) is 0 Å². The molecular formula is C9H12N6O2S. The summed E-state index contributed by atoms with van der Waals surface area (Å²) in [4.78, 5) is -0.0457. The third kappa shape index (κ3) is 2.12. The molecule has 3 N–H and O–H groups in total. The van der Waals surface area contributed by atoms with Gasteiger partial charge < -0.3 is 5.73 Å². The molecular weight excluding hydrogens is 256 g/mol. The van der Waals surface area contributed by atoms with Crippen molar-refractivity contribution in [1.82, 2.24) is 20.0 Å². The lowest BCUT2D eigenvalue weighted by Gasteiger charge is -2.06. The van der Waals surface area contributed by atoms with Crippen LogP contribution in [0.4, 0.5) is 11.6 Å². The van der Waals surface area contributed by atoms with Crippen LogP contribution >= 0.6 is 0 Å². The molecule has 0 aromatic carbocycles. The standard InChI is InChI=1S/C9H12N6O2S/c1-6-8(9(10)13-15(6)2)18(16,17)14-7-4-3-5-11-12-7/h3-5H,1-2H3,(H2,10,13)(H,12,14). The van der Waals surface area contributed by atoms with E-state index in [2.05, 4.69) is 20.0 Å². The fourth-order valence-corrected chi connectivity index (χ4v) is 2.81. The Balaban J connectivity index is 2.43. The van der Waals surface area contributed by atoms with Gasteiger partial charge in [-0.25, -0.2) is 8.42 Å². The number of rotatable bonds is 3. The Labute approximate surface area is 104 Å². The minimum Gasteiger partial charge on any atom is -0.381 e. The van der Waals surface area contributed by atoms with Gasteiger partial charge in [0.2, 0.25) is 0 Å². The minimum absolute atomic E-state index is 0.0457. The number of aromatic nitrogens is 4. The van der Waals surface area contributed by atoms with Gasteiger partial charge in [0.25, 0.3) is 10.0 Å². The van der Waals surface area contributed by atoms with Gasteiger partial charge in [-0.1, -0.05) is 0 Å². The summed E-state index contributed by atoms with van der Waals surface area (Å²) in [7, 11) is -2.20. The molecule has 0 aliphatic carbocycles. The molecule has 0 amide bonds. The van der Waals surface area contributed by atoms with Crippen molar-refractivity contribution >= 4 is 21.7 Å². The summed E-state index contributed by atoms with van der Waals surface area (Å²) in [6.45, 7) is 1.62. The maximum Gasteiger partial charge on any atom is 0.268 e. The smallest absolute Gasteiger partial charge is 0.268 e. The SMILES string of the molecule is Cc1c(S(=O)(=O)Nc2cccnn2)c(N)nn1C. The third-order valence-corrected chi connectivity index (χ3v) is 3.90. The summed E-state index contributed by atoms with van der Waals surface area (Å²) in [5, 5.41) is 11.1. The lowest BCUT2D eigenvalue weighted by Crippen LogP contribution is -2.16. The van der Waals surface area contributed by atoms with Crippen LogP contribution in [0.5, 0.6) is 0 Å². The molecule has 0 aliphatic heterocycles. The number of hydrogen-bond acceptors (Lipinski definition) is 6. The number of aryl methyl sites for hydroxylation is 1. The van der Waals surface area contributed by atoms with Crippen LogP contribution in [0.3, 0.4) is 0 Å². The van der Waals surface area contributed by atoms with Gasteiger partial charge in [0.15, 0.2) is 16.5 Å². The first-order valence-corrected chi connectivity index (χ1v) is 6.49. The highest BCUT2D eigenvalue weighted by atomic mass is 32.2. The number of nitrogens with zero attached hydrogens (tertiary/aromatic N) is 4. The number of nitrogens with two attached hydrogens (primary N) is 1. The lowest BCUT2D eigenvalue weighted by molar-refractivity contribution is 0.600. The first-order chi connectivity index (χ1) is 8.42. The maximum absolute atomic E-state index is 12.1. The summed E-state index contributed by atoms with van der Waals surface area (Å²) in [6.07, 6.45) is 1.45. The van der Waals surface area contributed by atoms with Crippen molar-refractivity contribution in [2.75, 3.05) is 10.5 Å². The first-order valence-electron chi connectivity index (χ1n) is 5.01. The molecule has 0 aliphatic rings. The van der Waals surface area contributed by atoms with Gasteiger partial charge in [0.1, 0.15) is 0 Å². The quantitative estimate of drug-likeness (QED) is 0.803. The topological polar surface area (TPSA) is 116 Å². The normalized spacial score (nSPS) is 11.4. The van der Waals surface area contributed by atoms with Crippen molar-refractivity contribution in [3.63, 3.8) is 0 Å². The Morgan fingerprint density at radius 3 is 2.67 bits per heavy atom. The summed E-state index contributed by atoms with van der Waals surface area (Å²) >= 11 is 0. The molecule has 2 rings (SSSR count). The fourth-order valence-electron chi connectivity index (χ4n) is 1.49. The second kappa shape index (κ2) is 4.26. The van der Waals surface area contributed by atoms with Crippen LogP contribution in [-0.4, -0.2) is 28.4 Å². The van der Waals surface area contributed by atoms with Crippen LogP contribution in [0.25, 0.3) is 0 Å². The molecule has 0 saturated carbocycles. The monoisotopic (exact) mass is 268 g/mol. The van der Waals surface area contributed by atoms with Crippen LogP contribution < -0.4 is 10.5 Å². The highest BCUT2D eigenvalue weighted by Gasteiger charge is 2.25. The van der Waals surface area contributed by atoms with Gasteiger partial charge in [-0.2, -0.15) is 10.2 Å². The Bertz CT molecular complexity index is 664. The van der Waals surface area contributed by atoms with E-state index in [0.717, 1.165) is 0 Å². The van der Waals surface area contributed by atoms with E-state index in [-0.39, 0.29) is 16.5 Å². The predicted molar refractivity (Wildman–Crippen MR) is 65.2 cm³/mol. The number of nitrogen functional groups attached to an aromatic ring is 1. The van der Waals surface area contributed by atoms with Crippen LogP contribution in [-0.2, 0) is 17.1 Å². The molecule has 18 heavy (non-hydrogen) atoms. The second-order valence-corrected chi connectivity index (χ2v) is 5.26. The molecule has 0 fully saturated rings. The van der Waals surface area contributed by atoms with Crippen molar-refractivity contribution in [3.05, 3.63) is 24.0 Å². The highest BCUT2D eigenvalue weighted by Crippen LogP contribution is 2.22. The average Bonchev–Trinajstić information content (AvgIpc) is 2.54. The van der Waals surface area contributed by atoms with Gasteiger partial charge in [0, 0.05) is 13.2 Å². The fraction of sp³-hybridized carbons (Fsp3) is 0.222. The van der Waals surface area contributed by atoms with Crippen LogP contribution in [0.1, 0.15) is 5.69 Å². The number of anilines is 2. The Morgan fingerprint density at radius 1 is 1.44 bits per heavy atom. The minimum atomic E-state index is -3.81. The van der Waals surface area contributed by atoms with E-state index in [1.165, 1.54) is 16.9 Å². The van der Waals surface area contributed by atoms with E-state index in [1.54, 1.807) is 20.0 Å². The zero-order valence-corrected chi connectivity index (χ0v) is 10.6. The van der Waals surface area contributed by atoms with E-state index in [9.17, 15) is 8.42 Å². The molecule has 0 saturated heterocycles. The molecule has 9 heteroatoms. The van der Waals surface area contributed by atoms with Gasteiger partial charge in [0.05, 0.1) is 5.69 Å². The van der Waals surface area contributed by atoms with Crippen molar-refractivity contribution < 1.29 is 8.42 Å². The molecule has 2 heterocycles. The van der Waals surface area contributed by atoms with E-state index in [1.807, 2.05) is 0 Å². The van der Waals surface area contributed by atoms with Gasteiger partial charge in [-0.3, -0.25) is 9.40 Å². The zero-order valence-electron chi connectivity index (χ0n) is 9.82. The van der Waals surface area contributed by atoms with E-state index in [4.69, 9.17) is 5.73 Å². The summed E-state index contributed by atoms with van der Waals surface area (Å²) in [6, 6.07) is 3.07. The maximum atomic E-state index is 12.1. The Hall–Kier alpha value is -2.16. The molecule has 0 bridgehead atoms. The zero-order chi connectivity index (χ0) is 13.3. The van der Waals surface area contributed by atoms with E-state index in [0.29, 0.717) is 5.69 Å². The molecule has 0 radical (unpaired) electrons. The molecule has 8 nitrogen and oxygen atoms in total. The summed E-state index contributed by atoms with van der Waals surface area (Å²) in [5.41, 5.74) is 6.04. The summed E-state index contributed by atoms with van der Waals surface area (Å²) < 4.78 is 28.0. The van der Waals surface area contributed by atoms with Crippen LogP contribution in [0.15, 0.2) is 23.2 Å². The summed E-state index contributed by atoms with van der Waals surface area (Å²) in [5.74, 6) is 0.0755. The van der Waals surface area contributed by atoms with Crippen LogP contribution in [0.2, 0.25) is 0 Å². The predicted octanol–water partition coefficient (Wildman–Crippen LogP) is -0.0985. The average molecular weight is 268 g/mol. The van der Waals surface area contributed by atoms with Gasteiger partial charge in [-0.15, -0.1) is 5.10 Å². The van der Waals surface area contributed by atoms with Crippen molar-refractivity contribution in [3.8, 4) is 0 Å². The number of sulfonamides is 1. The Kier molecular flexibility index (Phi) is 2.91. The molecule has 0 spiro atoms. The first kappa shape index (κ1) is 12.3. The molecule has 2 aromatic heterocycles. The Morgan fingerprint density at radius 2 is 2.17 bits per heavy atom. The molecule has 0 unspecified atom stereocenters. The largest absolute Gasteiger partial charge is 0.381 e. The number of nitrogens with one attached hydrogen (secondary N) is 1. The van der Waals surface area contributed by atoms with Gasteiger partial charge in [-0.05, 0) is 19.1 Å². The van der Waals surface area contributed by atoms with Crippen molar-refractivity contribution in [2.24, 2.45) is 7.05 Å². The second-order valence-electron chi connectivity index (χ2n) is 3.64. The third-order valence-electron chi connectivity index (χ3n) is 2.38. The lowest BCUT2D eigenvalue weighted by atomic mass is 10.5. The van der Waals surface area contributed by atoms with Crippen molar-refractivity contribution in [2.45, 2.75) is 11.8 Å². The van der Waals surface area contributed by atoms with Crippen LogP contribution in [0, 0.1) is 6.92 Å². The molecule has 2 aromatic rings. The molecule has 0 atom stereocenters. The van der Waals surface area contributed by atoms with E-state index < -0.39 is 10.0 Å². The highest BCUT2D eigenvalue weighted by molar-refractivity contribution is 7.93. The number of hydrogen-bond donors (Lipinski definition) is 2.